The third-order valence-corrected chi connectivity index (χ3v) is 4.43. The zero-order valence-electron chi connectivity index (χ0n) is 11.2. The van der Waals surface area contributed by atoms with E-state index in [0.717, 1.165) is 0 Å². The first-order valence-corrected chi connectivity index (χ1v) is 8.60. The summed E-state index contributed by atoms with van der Waals surface area (Å²) in [7, 11) is -3.64. The molecule has 0 saturated carbocycles. The minimum Gasteiger partial charge on any atom is -0.492 e. The summed E-state index contributed by atoms with van der Waals surface area (Å²) in [6.45, 7) is -0.0842. The van der Waals surface area contributed by atoms with Gasteiger partial charge in [-0.3, -0.25) is 4.72 Å². The molecule has 0 bridgehead atoms. The summed E-state index contributed by atoms with van der Waals surface area (Å²) < 4.78 is 44.2. The van der Waals surface area contributed by atoms with Crippen molar-refractivity contribution in [1.82, 2.24) is 0 Å². The number of hydrogen-bond donors (Lipinski definition) is 1. The molecular formula is C14H12Cl2FNO3S. The van der Waals surface area contributed by atoms with Gasteiger partial charge < -0.3 is 4.74 Å². The maximum absolute atomic E-state index is 12.7. The molecule has 8 heteroatoms. The highest BCUT2D eigenvalue weighted by atomic mass is 35.5. The number of nitrogens with one attached hydrogen (secondary N) is 1. The van der Waals surface area contributed by atoms with Gasteiger partial charge in [-0.25, -0.2) is 12.8 Å². The third-order valence-electron chi connectivity index (χ3n) is 2.63. The molecular weight excluding hydrogens is 352 g/mol. The Labute approximate surface area is 137 Å². The molecule has 2 aromatic carbocycles. The second kappa shape index (κ2) is 7.17. The van der Waals surface area contributed by atoms with Crippen molar-refractivity contribution in [3.05, 3.63) is 58.3 Å². The number of halogens is 3. The van der Waals surface area contributed by atoms with Crippen LogP contribution in [0.15, 0.2) is 42.5 Å². The van der Waals surface area contributed by atoms with Gasteiger partial charge in [-0.05, 0) is 42.5 Å². The SMILES string of the molecule is O=S(=O)(CCOc1ccc(F)cc1)Nc1cc(Cl)ccc1Cl. The lowest BCUT2D eigenvalue weighted by atomic mass is 10.3. The predicted molar refractivity (Wildman–Crippen MR) is 85.8 cm³/mol. The Morgan fingerprint density at radius 1 is 1.09 bits per heavy atom. The summed E-state index contributed by atoms with van der Waals surface area (Å²) in [5, 5.41) is 0.608. The highest BCUT2D eigenvalue weighted by molar-refractivity contribution is 7.92. The quantitative estimate of drug-likeness (QED) is 0.844. The van der Waals surface area contributed by atoms with Gasteiger partial charge in [0.2, 0.25) is 10.0 Å². The van der Waals surface area contributed by atoms with Gasteiger partial charge in [-0.15, -0.1) is 0 Å². The van der Waals surface area contributed by atoms with E-state index in [4.69, 9.17) is 27.9 Å². The van der Waals surface area contributed by atoms with E-state index < -0.39 is 15.8 Å². The summed E-state index contributed by atoms with van der Waals surface area (Å²) >= 11 is 11.7. The van der Waals surface area contributed by atoms with Gasteiger partial charge >= 0.3 is 0 Å². The molecule has 22 heavy (non-hydrogen) atoms. The molecule has 0 atom stereocenters. The van der Waals surface area contributed by atoms with Gasteiger partial charge in [0.05, 0.1) is 10.7 Å². The lowest BCUT2D eigenvalue weighted by molar-refractivity contribution is 0.340. The van der Waals surface area contributed by atoms with Gasteiger partial charge in [0.15, 0.2) is 0 Å². The minimum atomic E-state index is -3.64. The van der Waals surface area contributed by atoms with Crippen molar-refractivity contribution < 1.29 is 17.5 Å². The highest BCUT2D eigenvalue weighted by Crippen LogP contribution is 2.26. The van der Waals surface area contributed by atoms with Crippen LogP contribution in [0.5, 0.6) is 5.75 Å². The maximum atomic E-state index is 12.7. The van der Waals surface area contributed by atoms with E-state index in [9.17, 15) is 12.8 Å². The molecule has 0 aromatic heterocycles. The molecule has 118 valence electrons. The Hall–Kier alpha value is -1.50. The van der Waals surface area contributed by atoms with E-state index >= 15 is 0 Å². The molecule has 0 radical (unpaired) electrons. The van der Waals surface area contributed by atoms with E-state index in [1.54, 1.807) is 6.07 Å². The molecule has 1 N–H and O–H groups in total. The molecule has 0 heterocycles. The van der Waals surface area contributed by atoms with E-state index in [2.05, 4.69) is 4.72 Å². The zero-order valence-corrected chi connectivity index (χ0v) is 13.6. The second-order valence-electron chi connectivity index (χ2n) is 4.35. The van der Waals surface area contributed by atoms with Crippen molar-refractivity contribution in [2.45, 2.75) is 0 Å². The number of ether oxygens (including phenoxy) is 1. The normalized spacial score (nSPS) is 11.2. The van der Waals surface area contributed by atoms with Crippen LogP contribution in [0.1, 0.15) is 0 Å². The summed E-state index contributed by atoms with van der Waals surface area (Å²) in [5.41, 5.74) is 0.205. The molecule has 0 aliphatic carbocycles. The van der Waals surface area contributed by atoms with Crippen molar-refractivity contribution in [3.63, 3.8) is 0 Å². The predicted octanol–water partition coefficient (Wildman–Crippen LogP) is 3.95. The topological polar surface area (TPSA) is 55.4 Å². The number of rotatable bonds is 6. The van der Waals surface area contributed by atoms with Gasteiger partial charge in [-0.2, -0.15) is 0 Å². The van der Waals surface area contributed by atoms with Crippen molar-refractivity contribution in [2.24, 2.45) is 0 Å². The van der Waals surface area contributed by atoms with Crippen LogP contribution >= 0.6 is 23.2 Å². The van der Waals surface area contributed by atoms with E-state index in [1.807, 2.05) is 0 Å². The lowest BCUT2D eigenvalue weighted by Crippen LogP contribution is -2.21. The number of anilines is 1. The van der Waals surface area contributed by atoms with Gasteiger partial charge in [0.1, 0.15) is 23.9 Å². The van der Waals surface area contributed by atoms with Crippen molar-refractivity contribution >= 4 is 38.9 Å². The Morgan fingerprint density at radius 3 is 2.45 bits per heavy atom. The second-order valence-corrected chi connectivity index (χ2v) is 7.03. The van der Waals surface area contributed by atoms with Crippen LogP contribution in [0.2, 0.25) is 10.0 Å². The highest BCUT2D eigenvalue weighted by Gasteiger charge is 2.13. The van der Waals surface area contributed by atoms with Gasteiger partial charge in [0.25, 0.3) is 0 Å². The van der Waals surface area contributed by atoms with E-state index in [-0.39, 0.29) is 23.1 Å². The standard InChI is InChI=1S/C14H12Cl2FNO3S/c15-10-1-6-13(16)14(9-10)18-22(19,20)8-7-21-12-4-2-11(17)3-5-12/h1-6,9,18H,7-8H2. The van der Waals surface area contributed by atoms with Crippen LogP contribution < -0.4 is 9.46 Å². The summed E-state index contributed by atoms with van der Waals surface area (Å²) in [6, 6.07) is 9.77. The van der Waals surface area contributed by atoms with Crippen molar-refractivity contribution in [2.75, 3.05) is 17.1 Å². The van der Waals surface area contributed by atoms with Crippen molar-refractivity contribution in [1.29, 1.82) is 0 Å². The Bertz CT molecular complexity index is 751. The number of benzene rings is 2. The van der Waals surface area contributed by atoms with Gasteiger partial charge in [0, 0.05) is 5.02 Å². The molecule has 4 nitrogen and oxygen atoms in total. The summed E-state index contributed by atoms with van der Waals surface area (Å²) in [4.78, 5) is 0. The molecule has 0 spiro atoms. The maximum Gasteiger partial charge on any atom is 0.236 e. The summed E-state index contributed by atoms with van der Waals surface area (Å²) in [5.74, 6) is -0.289. The Morgan fingerprint density at radius 2 is 1.77 bits per heavy atom. The molecule has 0 aliphatic heterocycles. The average Bonchev–Trinajstić information content (AvgIpc) is 2.45. The summed E-state index contributed by atoms with van der Waals surface area (Å²) in [6.07, 6.45) is 0. The molecule has 0 aliphatic rings. The van der Waals surface area contributed by atoms with Crippen LogP contribution in [-0.4, -0.2) is 20.8 Å². The Kier molecular flexibility index (Phi) is 5.50. The zero-order chi connectivity index (χ0) is 16.2. The van der Waals surface area contributed by atoms with Crippen LogP contribution in [0.3, 0.4) is 0 Å². The fourth-order valence-electron chi connectivity index (χ4n) is 1.59. The molecule has 0 saturated heterocycles. The molecule has 0 amide bonds. The third kappa shape index (κ3) is 5.05. The van der Waals surface area contributed by atoms with Crippen LogP contribution in [-0.2, 0) is 10.0 Å². The first-order valence-electron chi connectivity index (χ1n) is 6.20. The number of hydrogen-bond acceptors (Lipinski definition) is 3. The molecule has 2 rings (SSSR count). The fraction of sp³-hybridized carbons (Fsp3) is 0.143. The van der Waals surface area contributed by atoms with Crippen LogP contribution in [0.4, 0.5) is 10.1 Å². The van der Waals surface area contributed by atoms with Crippen molar-refractivity contribution in [3.8, 4) is 5.75 Å². The first kappa shape index (κ1) is 16.9. The van der Waals surface area contributed by atoms with Crippen LogP contribution in [0, 0.1) is 5.82 Å². The first-order chi connectivity index (χ1) is 10.4. The smallest absolute Gasteiger partial charge is 0.236 e. The molecule has 0 unspecified atom stereocenters. The minimum absolute atomic E-state index is 0.0842. The monoisotopic (exact) mass is 363 g/mol. The largest absolute Gasteiger partial charge is 0.492 e. The average molecular weight is 364 g/mol. The number of sulfonamides is 1. The Balaban J connectivity index is 1.93. The van der Waals surface area contributed by atoms with E-state index in [0.29, 0.717) is 10.8 Å². The van der Waals surface area contributed by atoms with E-state index in [1.165, 1.54) is 36.4 Å². The van der Waals surface area contributed by atoms with Gasteiger partial charge in [-0.1, -0.05) is 23.2 Å². The fourth-order valence-corrected chi connectivity index (χ4v) is 2.90. The van der Waals surface area contributed by atoms with Crippen LogP contribution in [0.25, 0.3) is 0 Å². The molecule has 0 fully saturated rings. The molecule has 2 aromatic rings. The lowest BCUT2D eigenvalue weighted by Gasteiger charge is -2.11.